The molecule has 106 valence electrons. The smallest absolute Gasteiger partial charge is 0.0787 e. The summed E-state index contributed by atoms with van der Waals surface area (Å²) in [6.45, 7) is 6.56. The van der Waals surface area contributed by atoms with Crippen LogP contribution in [0.2, 0.25) is 0 Å². The molecule has 0 bridgehead atoms. The van der Waals surface area contributed by atoms with Gasteiger partial charge in [0.15, 0.2) is 0 Å². The summed E-state index contributed by atoms with van der Waals surface area (Å²) in [5.41, 5.74) is -0.447. The molecule has 0 aromatic rings. The number of piperidine rings is 1. The van der Waals surface area contributed by atoms with E-state index in [1.54, 1.807) is 0 Å². The lowest BCUT2D eigenvalue weighted by Crippen LogP contribution is -2.54. The molecule has 0 saturated carbocycles. The Bertz CT molecular complexity index is 269. The molecule has 2 fully saturated rings. The van der Waals surface area contributed by atoms with Crippen LogP contribution in [0.25, 0.3) is 0 Å². The molecule has 2 heterocycles. The maximum absolute atomic E-state index is 10.5. The number of aliphatic hydroxyl groups is 1. The van der Waals surface area contributed by atoms with Crippen LogP contribution in [0.15, 0.2) is 0 Å². The van der Waals surface area contributed by atoms with Crippen molar-refractivity contribution in [3.8, 4) is 0 Å². The van der Waals surface area contributed by atoms with E-state index >= 15 is 0 Å². The number of nitrogens with one attached hydrogen (secondary N) is 1. The van der Waals surface area contributed by atoms with Crippen molar-refractivity contribution in [2.24, 2.45) is 5.92 Å². The van der Waals surface area contributed by atoms with Gasteiger partial charge in [0.05, 0.1) is 5.60 Å². The van der Waals surface area contributed by atoms with Gasteiger partial charge in [-0.25, -0.2) is 0 Å². The number of hydrogen-bond donors (Lipinski definition) is 2. The average Bonchev–Trinajstić information content (AvgIpc) is 2.33. The van der Waals surface area contributed by atoms with Gasteiger partial charge < -0.3 is 15.3 Å². The van der Waals surface area contributed by atoms with E-state index in [0.717, 1.165) is 37.4 Å². The van der Waals surface area contributed by atoms with Gasteiger partial charge in [0.1, 0.15) is 0 Å². The zero-order valence-electron chi connectivity index (χ0n) is 12.0. The van der Waals surface area contributed by atoms with E-state index in [2.05, 4.69) is 31.1 Å². The number of likely N-dealkylation sites (tertiary alicyclic amines) is 1. The third-order valence-electron chi connectivity index (χ3n) is 4.73. The molecule has 0 amide bonds. The first-order valence-electron chi connectivity index (χ1n) is 7.24. The highest BCUT2D eigenvalue weighted by atomic mass is 32.2. The van der Waals surface area contributed by atoms with Gasteiger partial charge in [-0.2, -0.15) is 11.8 Å². The van der Waals surface area contributed by atoms with Gasteiger partial charge >= 0.3 is 0 Å². The first-order valence-corrected chi connectivity index (χ1v) is 8.39. The van der Waals surface area contributed by atoms with Gasteiger partial charge in [-0.05, 0) is 50.7 Å². The first kappa shape index (κ1) is 14.6. The molecule has 0 aromatic heterocycles. The Morgan fingerprint density at radius 1 is 1.33 bits per heavy atom. The Hall–Kier alpha value is 0.230. The van der Waals surface area contributed by atoms with Crippen LogP contribution < -0.4 is 5.32 Å². The second-order valence-corrected chi connectivity index (χ2v) is 7.55. The Morgan fingerprint density at radius 3 is 2.67 bits per heavy atom. The van der Waals surface area contributed by atoms with Crippen LogP contribution in [0.4, 0.5) is 0 Å². The largest absolute Gasteiger partial charge is 0.389 e. The van der Waals surface area contributed by atoms with Crippen molar-refractivity contribution in [3.63, 3.8) is 0 Å². The third-order valence-corrected chi connectivity index (χ3v) is 5.71. The van der Waals surface area contributed by atoms with Crippen LogP contribution in [0, 0.1) is 5.92 Å². The quantitative estimate of drug-likeness (QED) is 0.817. The van der Waals surface area contributed by atoms with Crippen LogP contribution in [0.5, 0.6) is 0 Å². The zero-order valence-corrected chi connectivity index (χ0v) is 12.8. The van der Waals surface area contributed by atoms with Gasteiger partial charge in [0.25, 0.3) is 0 Å². The number of hydrogen-bond acceptors (Lipinski definition) is 4. The Balaban J connectivity index is 1.82. The van der Waals surface area contributed by atoms with Crippen LogP contribution in [-0.4, -0.2) is 59.3 Å². The molecule has 2 aliphatic heterocycles. The molecule has 3 atom stereocenters. The molecule has 0 aliphatic carbocycles. The van der Waals surface area contributed by atoms with E-state index in [-0.39, 0.29) is 0 Å². The van der Waals surface area contributed by atoms with Crippen molar-refractivity contribution in [1.29, 1.82) is 0 Å². The summed E-state index contributed by atoms with van der Waals surface area (Å²) in [6, 6.07) is 1.21. The highest BCUT2D eigenvalue weighted by Gasteiger charge is 2.33. The summed E-state index contributed by atoms with van der Waals surface area (Å²) >= 11 is 1.97. The topological polar surface area (TPSA) is 35.5 Å². The summed E-state index contributed by atoms with van der Waals surface area (Å²) in [5, 5.41) is 14.2. The van der Waals surface area contributed by atoms with Crippen molar-refractivity contribution in [1.82, 2.24) is 10.2 Å². The van der Waals surface area contributed by atoms with Gasteiger partial charge in [0.2, 0.25) is 0 Å². The molecule has 3 nitrogen and oxygen atoms in total. The monoisotopic (exact) mass is 272 g/mol. The van der Waals surface area contributed by atoms with Crippen molar-refractivity contribution >= 4 is 11.8 Å². The van der Waals surface area contributed by atoms with E-state index in [4.69, 9.17) is 0 Å². The maximum Gasteiger partial charge on any atom is 0.0787 e. The molecule has 0 radical (unpaired) electrons. The summed E-state index contributed by atoms with van der Waals surface area (Å²) in [5.74, 6) is 2.89. The predicted octanol–water partition coefficient (Wildman–Crippen LogP) is 1.56. The molecular weight excluding hydrogens is 244 g/mol. The second kappa shape index (κ2) is 6.12. The van der Waals surface area contributed by atoms with E-state index in [9.17, 15) is 5.11 Å². The Labute approximate surface area is 116 Å². The summed E-state index contributed by atoms with van der Waals surface area (Å²) in [7, 11) is 2.21. The lowest BCUT2D eigenvalue weighted by atomic mass is 9.88. The van der Waals surface area contributed by atoms with Crippen molar-refractivity contribution < 1.29 is 5.11 Å². The third kappa shape index (κ3) is 3.62. The molecule has 2 rings (SSSR count). The molecule has 3 unspecified atom stereocenters. The lowest BCUT2D eigenvalue weighted by Gasteiger charge is -2.42. The highest BCUT2D eigenvalue weighted by Crippen LogP contribution is 2.27. The zero-order chi connectivity index (χ0) is 13.2. The van der Waals surface area contributed by atoms with Gasteiger partial charge in [-0.3, -0.25) is 0 Å². The Kier molecular flexibility index (Phi) is 4.98. The molecule has 2 saturated heterocycles. The Morgan fingerprint density at radius 2 is 2.00 bits per heavy atom. The second-order valence-electron chi connectivity index (χ2n) is 6.33. The maximum atomic E-state index is 10.5. The summed E-state index contributed by atoms with van der Waals surface area (Å²) in [4.78, 5) is 2.44. The fourth-order valence-electron chi connectivity index (χ4n) is 3.07. The van der Waals surface area contributed by atoms with Crippen LogP contribution in [0.1, 0.15) is 33.1 Å². The molecule has 18 heavy (non-hydrogen) atoms. The molecule has 2 N–H and O–H groups in total. The van der Waals surface area contributed by atoms with Gasteiger partial charge in [-0.15, -0.1) is 0 Å². The summed E-state index contributed by atoms with van der Waals surface area (Å²) < 4.78 is 0. The minimum Gasteiger partial charge on any atom is -0.389 e. The SMILES string of the molecule is CC1CN(C)C(C)CC1NCC1(O)CCSCC1. The minimum absolute atomic E-state index is 0.447. The van der Waals surface area contributed by atoms with Crippen LogP contribution in [-0.2, 0) is 0 Å². The minimum atomic E-state index is -0.447. The highest BCUT2D eigenvalue weighted by molar-refractivity contribution is 7.99. The van der Waals surface area contributed by atoms with E-state index in [1.165, 1.54) is 6.42 Å². The van der Waals surface area contributed by atoms with Crippen molar-refractivity contribution in [2.75, 3.05) is 31.6 Å². The first-order chi connectivity index (χ1) is 8.50. The lowest BCUT2D eigenvalue weighted by molar-refractivity contribution is 0.0213. The molecule has 0 aromatic carbocycles. The van der Waals surface area contributed by atoms with E-state index in [1.807, 2.05) is 11.8 Å². The standard InChI is InChI=1S/C14H28N2OS/c1-11-9-16(3)12(2)8-13(11)15-10-14(17)4-6-18-7-5-14/h11-13,15,17H,4-10H2,1-3H3. The molecular formula is C14H28N2OS. The predicted molar refractivity (Wildman–Crippen MR) is 79.2 cm³/mol. The normalized spacial score (nSPS) is 37.7. The fourth-order valence-corrected chi connectivity index (χ4v) is 4.33. The molecule has 0 spiro atoms. The summed E-state index contributed by atoms with van der Waals surface area (Å²) in [6.07, 6.45) is 3.09. The average molecular weight is 272 g/mol. The van der Waals surface area contributed by atoms with Gasteiger partial charge in [0, 0.05) is 25.2 Å². The van der Waals surface area contributed by atoms with Gasteiger partial charge in [-0.1, -0.05) is 6.92 Å². The number of nitrogens with zero attached hydrogens (tertiary/aromatic N) is 1. The molecule has 4 heteroatoms. The van der Waals surface area contributed by atoms with E-state index < -0.39 is 5.60 Å². The van der Waals surface area contributed by atoms with Crippen molar-refractivity contribution in [3.05, 3.63) is 0 Å². The van der Waals surface area contributed by atoms with Crippen LogP contribution >= 0.6 is 11.8 Å². The number of rotatable bonds is 3. The van der Waals surface area contributed by atoms with E-state index in [0.29, 0.717) is 18.0 Å². The van der Waals surface area contributed by atoms with Crippen molar-refractivity contribution in [2.45, 2.75) is 50.8 Å². The fraction of sp³-hybridized carbons (Fsp3) is 1.00. The molecule has 2 aliphatic rings. The van der Waals surface area contributed by atoms with Crippen LogP contribution in [0.3, 0.4) is 0 Å². The number of thioether (sulfide) groups is 1.